The molecule has 0 radical (unpaired) electrons. The molecule has 0 amide bonds. The molecule has 2 aromatic carbocycles. The zero-order chi connectivity index (χ0) is 18.0. The van der Waals surface area contributed by atoms with Gasteiger partial charge < -0.3 is 0 Å². The number of benzene rings is 2. The lowest BCUT2D eigenvalue weighted by Gasteiger charge is -2.04. The minimum Gasteiger partial charge on any atom is -0.226 e. The molecule has 0 N–H and O–H groups in total. The van der Waals surface area contributed by atoms with E-state index in [-0.39, 0.29) is 5.70 Å². The number of nitriles is 1. The maximum atomic E-state index is 9.63. The fraction of sp³-hybridized carbons (Fsp3) is 0.0909. The lowest BCUT2D eigenvalue weighted by atomic mass is 9.98. The van der Waals surface area contributed by atoms with Gasteiger partial charge in [0.15, 0.2) is 0 Å². The van der Waals surface area contributed by atoms with Crippen LogP contribution in [0.3, 0.4) is 0 Å². The van der Waals surface area contributed by atoms with Crippen LogP contribution in [-0.4, -0.2) is 0 Å². The molecular weight excluding hydrogens is 356 g/mol. The number of aryl methyl sites for hydroxylation is 2. The van der Waals surface area contributed by atoms with Gasteiger partial charge in [-0.1, -0.05) is 24.3 Å². The number of rotatable bonds is 0. The Morgan fingerprint density at radius 3 is 1.85 bits per heavy atom. The van der Waals surface area contributed by atoms with Crippen LogP contribution in [0.25, 0.3) is 40.3 Å². The van der Waals surface area contributed by atoms with Crippen LogP contribution in [-0.2, 0) is 0 Å². The molecule has 2 aromatic heterocycles. The predicted octanol–water partition coefficient (Wildman–Crippen LogP) is 6.92. The largest absolute Gasteiger partial charge is 0.270 e. The smallest absolute Gasteiger partial charge is 0.226 e. The summed E-state index contributed by atoms with van der Waals surface area (Å²) < 4.78 is 2.43. The standard InChI is InChI=1S/C22H12N2S2/c1-11-4-6-13-16(8-11)25-21-18(13)20(15(10-23)24-3)19-14-7-5-12(2)9-17(14)26-22(19)21/h4-9H,1-2H3. The summed E-state index contributed by atoms with van der Waals surface area (Å²) in [4.78, 5) is 5.97. The Kier molecular flexibility index (Phi) is 3.12. The lowest BCUT2D eigenvalue weighted by molar-refractivity contribution is 1.49. The molecule has 4 aromatic rings. The van der Waals surface area contributed by atoms with Gasteiger partial charge in [-0.05, 0) is 47.9 Å². The first kappa shape index (κ1) is 15.3. The summed E-state index contributed by atoms with van der Waals surface area (Å²) in [6, 6.07) is 15.0. The molecule has 0 atom stereocenters. The highest BCUT2D eigenvalue weighted by molar-refractivity contribution is 7.29. The third kappa shape index (κ3) is 1.89. The van der Waals surface area contributed by atoms with Gasteiger partial charge in [0, 0.05) is 26.1 Å². The van der Waals surface area contributed by atoms with Gasteiger partial charge in [0.05, 0.1) is 22.4 Å². The fourth-order valence-electron chi connectivity index (χ4n) is 3.72. The zero-order valence-electron chi connectivity index (χ0n) is 14.2. The second-order valence-electron chi connectivity index (χ2n) is 6.56. The molecule has 1 aliphatic carbocycles. The van der Waals surface area contributed by atoms with E-state index in [0.29, 0.717) is 0 Å². The molecule has 26 heavy (non-hydrogen) atoms. The number of thiophene rings is 2. The summed E-state index contributed by atoms with van der Waals surface area (Å²) in [5.41, 5.74) is 5.59. The third-order valence-corrected chi connectivity index (χ3v) is 7.32. The second kappa shape index (κ2) is 5.29. The number of hydrogen-bond donors (Lipinski definition) is 0. The highest BCUT2D eigenvalue weighted by Crippen LogP contribution is 2.58. The van der Waals surface area contributed by atoms with Crippen molar-refractivity contribution in [3.63, 3.8) is 0 Å². The maximum Gasteiger partial charge on any atom is 0.270 e. The van der Waals surface area contributed by atoms with Crippen molar-refractivity contribution in [2.45, 2.75) is 13.8 Å². The SMILES string of the molecule is [C-]#[N+]C(C#N)=C1c2c(sc3cc(C)ccc23)-c2sc3cc(C)ccc3c21. The molecule has 1 aliphatic rings. The lowest BCUT2D eigenvalue weighted by Crippen LogP contribution is -1.86. The average molecular weight is 368 g/mol. The third-order valence-electron chi connectivity index (χ3n) is 4.85. The van der Waals surface area contributed by atoms with E-state index < -0.39 is 0 Å². The number of fused-ring (bicyclic) bond motifs is 7. The van der Waals surface area contributed by atoms with Gasteiger partial charge in [-0.2, -0.15) is 0 Å². The molecule has 4 heteroatoms. The molecule has 0 saturated carbocycles. The van der Waals surface area contributed by atoms with Crippen molar-refractivity contribution < 1.29 is 0 Å². The first-order valence-corrected chi connectivity index (χ1v) is 9.85. The summed E-state index contributed by atoms with van der Waals surface area (Å²) >= 11 is 3.54. The molecule has 2 heterocycles. The molecule has 0 saturated heterocycles. The average Bonchev–Trinajstić information content (AvgIpc) is 3.24. The van der Waals surface area contributed by atoms with Crippen molar-refractivity contribution >= 4 is 48.4 Å². The van der Waals surface area contributed by atoms with E-state index in [0.717, 1.165) is 27.5 Å². The summed E-state index contributed by atoms with van der Waals surface area (Å²) in [5.74, 6) is 0. The Hall–Kier alpha value is -2.92. The Balaban J connectivity index is 2.00. The van der Waals surface area contributed by atoms with Crippen LogP contribution in [0.1, 0.15) is 22.3 Å². The van der Waals surface area contributed by atoms with Crippen molar-refractivity contribution in [1.82, 2.24) is 0 Å². The van der Waals surface area contributed by atoms with Gasteiger partial charge in [-0.15, -0.1) is 22.7 Å². The molecule has 0 unspecified atom stereocenters. The van der Waals surface area contributed by atoms with E-state index in [9.17, 15) is 5.26 Å². The van der Waals surface area contributed by atoms with Crippen molar-refractivity contribution in [3.8, 4) is 15.8 Å². The van der Waals surface area contributed by atoms with Crippen LogP contribution in [0.2, 0.25) is 0 Å². The monoisotopic (exact) mass is 368 g/mol. The molecule has 122 valence electrons. The van der Waals surface area contributed by atoms with Crippen LogP contribution in [0.15, 0.2) is 42.1 Å². The molecule has 0 bridgehead atoms. The zero-order valence-corrected chi connectivity index (χ0v) is 15.8. The molecule has 0 aliphatic heterocycles. The topological polar surface area (TPSA) is 28.1 Å². The van der Waals surface area contributed by atoms with Gasteiger partial charge in [0.1, 0.15) is 0 Å². The molecule has 2 nitrogen and oxygen atoms in total. The van der Waals surface area contributed by atoms with Crippen molar-refractivity contribution in [2.24, 2.45) is 0 Å². The highest BCUT2D eigenvalue weighted by Gasteiger charge is 2.33. The maximum absolute atomic E-state index is 9.63. The Bertz CT molecular complexity index is 1260. The first-order valence-electron chi connectivity index (χ1n) is 8.21. The Labute approximate surface area is 159 Å². The van der Waals surface area contributed by atoms with Gasteiger partial charge in [0.2, 0.25) is 0 Å². The van der Waals surface area contributed by atoms with Crippen molar-refractivity contribution in [2.75, 3.05) is 0 Å². The number of nitrogens with zero attached hydrogens (tertiary/aromatic N) is 2. The van der Waals surface area contributed by atoms with E-state index in [1.54, 1.807) is 22.7 Å². The summed E-state index contributed by atoms with van der Waals surface area (Å²) in [7, 11) is 0. The van der Waals surface area contributed by atoms with E-state index in [2.05, 4.69) is 61.2 Å². The van der Waals surface area contributed by atoms with Gasteiger partial charge >= 0.3 is 0 Å². The quantitative estimate of drug-likeness (QED) is 0.215. The van der Waals surface area contributed by atoms with Gasteiger partial charge in [0.25, 0.3) is 5.70 Å². The van der Waals surface area contributed by atoms with Crippen molar-refractivity contribution in [3.05, 3.63) is 75.8 Å². The second-order valence-corrected chi connectivity index (χ2v) is 8.66. The molecular formula is C22H12N2S2. The molecule has 0 spiro atoms. The van der Waals surface area contributed by atoms with Crippen molar-refractivity contribution in [1.29, 1.82) is 5.26 Å². The first-order chi connectivity index (χ1) is 12.6. The minimum atomic E-state index is 0.186. The molecule has 5 rings (SSSR count). The van der Waals surface area contributed by atoms with Crippen LogP contribution in [0, 0.1) is 31.8 Å². The van der Waals surface area contributed by atoms with Crippen LogP contribution in [0.4, 0.5) is 0 Å². The van der Waals surface area contributed by atoms with E-state index in [4.69, 9.17) is 6.57 Å². The summed E-state index contributed by atoms with van der Waals surface area (Å²) in [6.45, 7) is 11.7. The van der Waals surface area contributed by atoms with Crippen LogP contribution in [0.5, 0.6) is 0 Å². The Morgan fingerprint density at radius 2 is 1.42 bits per heavy atom. The predicted molar refractivity (Wildman–Crippen MR) is 110 cm³/mol. The summed E-state index contributed by atoms with van der Waals surface area (Å²) in [5, 5.41) is 11.9. The van der Waals surface area contributed by atoms with E-state index in [1.165, 1.54) is 30.3 Å². The van der Waals surface area contributed by atoms with Crippen LogP contribution < -0.4 is 0 Å². The van der Waals surface area contributed by atoms with Gasteiger partial charge in [-0.3, -0.25) is 0 Å². The Morgan fingerprint density at radius 1 is 0.923 bits per heavy atom. The number of allylic oxidation sites excluding steroid dienone is 1. The van der Waals surface area contributed by atoms with Gasteiger partial charge in [-0.25, -0.2) is 10.1 Å². The van der Waals surface area contributed by atoms with E-state index in [1.807, 2.05) is 0 Å². The summed E-state index contributed by atoms with van der Waals surface area (Å²) in [6.07, 6.45) is 0. The fourth-order valence-corrected chi connectivity index (χ4v) is 6.48. The number of hydrogen-bond acceptors (Lipinski definition) is 3. The normalized spacial score (nSPS) is 12.1. The van der Waals surface area contributed by atoms with E-state index >= 15 is 0 Å². The minimum absolute atomic E-state index is 0.186. The molecule has 0 fully saturated rings. The highest BCUT2D eigenvalue weighted by atomic mass is 32.1. The van der Waals surface area contributed by atoms with Crippen LogP contribution >= 0.6 is 22.7 Å².